The lowest BCUT2D eigenvalue weighted by Gasteiger charge is -2.13. The summed E-state index contributed by atoms with van der Waals surface area (Å²) >= 11 is 0. The lowest BCUT2D eigenvalue weighted by atomic mass is 10.1. The highest BCUT2D eigenvalue weighted by atomic mass is 16.5. The van der Waals surface area contributed by atoms with Gasteiger partial charge in [-0.2, -0.15) is 5.10 Å². The molecule has 8 heteroatoms. The minimum absolute atomic E-state index is 0.216. The molecule has 1 amide bonds. The van der Waals surface area contributed by atoms with Crippen molar-refractivity contribution in [2.24, 2.45) is 5.10 Å². The number of fused-ring (bicyclic) bond motifs is 1. The fourth-order valence-electron chi connectivity index (χ4n) is 2.79. The van der Waals surface area contributed by atoms with Crippen LogP contribution in [0.5, 0.6) is 17.2 Å². The molecule has 0 atom stereocenters. The van der Waals surface area contributed by atoms with Crippen molar-refractivity contribution in [1.82, 2.24) is 5.43 Å². The van der Waals surface area contributed by atoms with E-state index < -0.39 is 5.91 Å². The summed E-state index contributed by atoms with van der Waals surface area (Å²) in [5, 5.41) is 4.31. The van der Waals surface area contributed by atoms with Gasteiger partial charge in [-0.15, -0.1) is 0 Å². The highest BCUT2D eigenvalue weighted by molar-refractivity contribution is 5.96. The molecule has 1 heterocycles. The van der Waals surface area contributed by atoms with E-state index in [4.69, 9.17) is 18.6 Å². The SMILES string of the molecule is COc1cc(C(=O)N/N=C/c2coc3ccc(C)cc3c2=O)cc(OC)c1OC. The van der Waals surface area contributed by atoms with Crippen molar-refractivity contribution in [2.75, 3.05) is 21.3 Å². The predicted octanol–water partition coefficient (Wildman–Crippen LogP) is 2.89. The number of hydrogen-bond acceptors (Lipinski definition) is 7. The van der Waals surface area contributed by atoms with Crippen LogP contribution in [0.4, 0.5) is 0 Å². The van der Waals surface area contributed by atoms with E-state index >= 15 is 0 Å². The molecule has 0 aliphatic rings. The molecule has 1 aromatic heterocycles. The first-order valence-electron chi connectivity index (χ1n) is 8.64. The minimum Gasteiger partial charge on any atom is -0.493 e. The average Bonchev–Trinajstić information content (AvgIpc) is 2.74. The molecule has 0 aliphatic heterocycles. The van der Waals surface area contributed by atoms with Gasteiger partial charge in [0.25, 0.3) is 5.91 Å². The topological polar surface area (TPSA) is 99.4 Å². The molecule has 0 fully saturated rings. The Morgan fingerprint density at radius 2 is 1.76 bits per heavy atom. The fourth-order valence-corrected chi connectivity index (χ4v) is 2.79. The molecule has 2 aromatic carbocycles. The number of rotatable bonds is 6. The number of benzene rings is 2. The zero-order valence-corrected chi connectivity index (χ0v) is 16.4. The second-order valence-electron chi connectivity index (χ2n) is 6.13. The van der Waals surface area contributed by atoms with Crippen LogP contribution in [0.1, 0.15) is 21.5 Å². The fraction of sp³-hybridized carbons (Fsp3) is 0.190. The Hall–Kier alpha value is -3.81. The van der Waals surface area contributed by atoms with Crippen LogP contribution < -0.4 is 25.1 Å². The van der Waals surface area contributed by atoms with E-state index in [0.29, 0.717) is 28.2 Å². The first kappa shape index (κ1) is 19.9. The van der Waals surface area contributed by atoms with E-state index in [0.717, 1.165) is 5.56 Å². The summed E-state index contributed by atoms with van der Waals surface area (Å²) in [4.78, 5) is 25.0. The van der Waals surface area contributed by atoms with E-state index in [9.17, 15) is 9.59 Å². The van der Waals surface area contributed by atoms with Crippen molar-refractivity contribution in [3.05, 3.63) is 63.5 Å². The number of methoxy groups -OCH3 is 3. The van der Waals surface area contributed by atoms with Crippen molar-refractivity contribution in [2.45, 2.75) is 6.92 Å². The highest BCUT2D eigenvalue weighted by Crippen LogP contribution is 2.38. The normalized spacial score (nSPS) is 10.9. The molecule has 0 aliphatic carbocycles. The highest BCUT2D eigenvalue weighted by Gasteiger charge is 2.16. The Bertz CT molecular complexity index is 1120. The molecule has 150 valence electrons. The molecule has 8 nitrogen and oxygen atoms in total. The van der Waals surface area contributed by atoms with Gasteiger partial charge >= 0.3 is 0 Å². The predicted molar refractivity (Wildman–Crippen MR) is 108 cm³/mol. The maximum Gasteiger partial charge on any atom is 0.271 e. The summed E-state index contributed by atoms with van der Waals surface area (Å²) in [5.74, 6) is 0.540. The molecule has 0 saturated heterocycles. The number of nitrogens with zero attached hydrogens (tertiary/aromatic N) is 1. The van der Waals surface area contributed by atoms with Crippen molar-refractivity contribution < 1.29 is 23.4 Å². The van der Waals surface area contributed by atoms with Gasteiger partial charge in [0.2, 0.25) is 11.2 Å². The van der Waals surface area contributed by atoms with Crippen LogP contribution in [-0.4, -0.2) is 33.5 Å². The number of carbonyl (C=O) groups excluding carboxylic acids is 1. The Balaban J connectivity index is 1.84. The zero-order chi connectivity index (χ0) is 21.0. The molecular weight excluding hydrogens is 376 g/mol. The number of carbonyl (C=O) groups is 1. The maximum absolute atomic E-state index is 12.6. The van der Waals surface area contributed by atoms with E-state index in [2.05, 4.69) is 10.5 Å². The monoisotopic (exact) mass is 396 g/mol. The van der Waals surface area contributed by atoms with Gasteiger partial charge in [0.05, 0.1) is 38.5 Å². The van der Waals surface area contributed by atoms with E-state index in [-0.39, 0.29) is 16.6 Å². The van der Waals surface area contributed by atoms with Crippen LogP contribution in [0.2, 0.25) is 0 Å². The molecule has 0 spiro atoms. The maximum atomic E-state index is 12.6. The van der Waals surface area contributed by atoms with Gasteiger partial charge in [-0.25, -0.2) is 5.43 Å². The van der Waals surface area contributed by atoms with Crippen LogP contribution in [0.25, 0.3) is 11.0 Å². The summed E-state index contributed by atoms with van der Waals surface area (Å²) in [7, 11) is 4.39. The third-order valence-electron chi connectivity index (χ3n) is 4.25. The van der Waals surface area contributed by atoms with Gasteiger partial charge < -0.3 is 18.6 Å². The largest absolute Gasteiger partial charge is 0.493 e. The Morgan fingerprint density at radius 3 is 2.38 bits per heavy atom. The van der Waals surface area contributed by atoms with Crippen LogP contribution in [-0.2, 0) is 0 Å². The molecule has 0 radical (unpaired) electrons. The molecule has 0 bridgehead atoms. The summed E-state index contributed by atoms with van der Waals surface area (Å²) in [6.45, 7) is 1.89. The van der Waals surface area contributed by atoms with Gasteiger partial charge in [-0.3, -0.25) is 9.59 Å². The first-order chi connectivity index (χ1) is 14.0. The van der Waals surface area contributed by atoms with E-state index in [1.54, 1.807) is 12.1 Å². The standard InChI is InChI=1S/C21H20N2O6/c1-12-5-6-16-15(7-12)19(24)14(11-29-16)10-22-23-21(25)13-8-17(26-2)20(28-4)18(9-13)27-3/h5-11H,1-4H3,(H,23,25)/b22-10+. The van der Waals surface area contributed by atoms with Crippen LogP contribution in [0, 0.1) is 6.92 Å². The number of nitrogens with one attached hydrogen (secondary N) is 1. The third kappa shape index (κ3) is 4.06. The lowest BCUT2D eigenvalue weighted by molar-refractivity contribution is 0.0954. The minimum atomic E-state index is -0.512. The molecule has 3 rings (SSSR count). The lowest BCUT2D eigenvalue weighted by Crippen LogP contribution is -2.19. The van der Waals surface area contributed by atoms with Crippen LogP contribution >= 0.6 is 0 Å². The Morgan fingerprint density at radius 1 is 1.07 bits per heavy atom. The Labute approximate surface area is 166 Å². The molecule has 29 heavy (non-hydrogen) atoms. The Kier molecular flexibility index (Phi) is 5.82. The first-order valence-corrected chi connectivity index (χ1v) is 8.64. The van der Waals surface area contributed by atoms with Gasteiger partial charge in [0, 0.05) is 5.56 Å². The summed E-state index contributed by atoms with van der Waals surface area (Å²) in [6, 6.07) is 8.33. The van der Waals surface area contributed by atoms with E-state index in [1.165, 1.54) is 45.9 Å². The number of hydrazone groups is 1. The van der Waals surface area contributed by atoms with Crippen LogP contribution in [0.15, 0.2) is 50.9 Å². The van der Waals surface area contributed by atoms with Gasteiger partial charge in [0.15, 0.2) is 11.5 Å². The van der Waals surface area contributed by atoms with Crippen molar-refractivity contribution >= 4 is 23.1 Å². The second kappa shape index (κ2) is 8.47. The van der Waals surface area contributed by atoms with Gasteiger partial charge in [-0.05, 0) is 31.2 Å². The summed E-state index contributed by atoms with van der Waals surface area (Å²) in [5.41, 5.74) is 4.03. The molecular formula is C21H20N2O6. The molecule has 0 saturated carbocycles. The quantitative estimate of drug-likeness (QED) is 0.508. The molecule has 1 N–H and O–H groups in total. The van der Waals surface area contributed by atoms with Crippen LogP contribution in [0.3, 0.4) is 0 Å². The summed E-state index contributed by atoms with van der Waals surface area (Å²) < 4.78 is 21.2. The van der Waals surface area contributed by atoms with Gasteiger partial charge in [-0.1, -0.05) is 11.6 Å². The van der Waals surface area contributed by atoms with Crippen molar-refractivity contribution in [1.29, 1.82) is 0 Å². The van der Waals surface area contributed by atoms with Gasteiger partial charge in [0.1, 0.15) is 11.8 Å². The molecule has 0 unspecified atom stereocenters. The van der Waals surface area contributed by atoms with Crippen molar-refractivity contribution in [3.63, 3.8) is 0 Å². The number of ether oxygens (including phenoxy) is 3. The number of hydrogen-bond donors (Lipinski definition) is 1. The second-order valence-corrected chi connectivity index (χ2v) is 6.13. The molecule has 3 aromatic rings. The average molecular weight is 396 g/mol. The number of amides is 1. The van der Waals surface area contributed by atoms with Crippen molar-refractivity contribution in [3.8, 4) is 17.2 Å². The smallest absolute Gasteiger partial charge is 0.271 e. The third-order valence-corrected chi connectivity index (χ3v) is 4.25. The zero-order valence-electron chi connectivity index (χ0n) is 16.4. The van der Waals surface area contributed by atoms with E-state index in [1.807, 2.05) is 13.0 Å². The summed E-state index contributed by atoms with van der Waals surface area (Å²) in [6.07, 6.45) is 2.54. The number of aryl methyl sites for hydroxylation is 1.